The number of carbonyl (C=O) groups excluding carboxylic acids is 1. The normalized spacial score (nSPS) is 12.8. The van der Waals surface area contributed by atoms with E-state index >= 15 is 0 Å². The Kier molecular flexibility index (Phi) is 4.12. The molecule has 3 N–H and O–H groups in total. The number of nitrogens with one attached hydrogen (secondary N) is 1. The van der Waals surface area contributed by atoms with Crippen molar-refractivity contribution in [2.24, 2.45) is 0 Å². The van der Waals surface area contributed by atoms with Gasteiger partial charge in [0.05, 0.1) is 13.4 Å². The second-order valence-corrected chi connectivity index (χ2v) is 5.53. The van der Waals surface area contributed by atoms with Gasteiger partial charge < -0.3 is 9.84 Å². The van der Waals surface area contributed by atoms with Crippen LogP contribution in [0, 0.1) is 0 Å². The Balaban J connectivity index is 3.15. The number of ether oxygens (including phenoxy) is 1. The van der Waals surface area contributed by atoms with Crippen LogP contribution in [0.5, 0.6) is 5.75 Å². The maximum atomic E-state index is 11.1. The summed E-state index contributed by atoms with van der Waals surface area (Å²) in [4.78, 5) is 14.8. The molecule has 18 heavy (non-hydrogen) atoms. The predicted molar refractivity (Wildman–Crippen MR) is 66.3 cm³/mol. The molecule has 1 rings (SSSR count). The summed E-state index contributed by atoms with van der Waals surface area (Å²) in [5.41, 5.74) is 0.492. The van der Waals surface area contributed by atoms with Crippen LogP contribution in [0.2, 0.25) is 0 Å². The number of rotatable bonds is 5. The average molecular weight is 275 g/mol. The molecule has 7 nitrogen and oxygen atoms in total. The highest BCUT2D eigenvalue weighted by Crippen LogP contribution is 2.27. The zero-order valence-corrected chi connectivity index (χ0v) is 11.0. The van der Waals surface area contributed by atoms with Gasteiger partial charge in [0.1, 0.15) is 5.92 Å². The van der Waals surface area contributed by atoms with Crippen molar-refractivity contribution in [2.45, 2.75) is 12.8 Å². The maximum absolute atomic E-state index is 11.1. The van der Waals surface area contributed by atoms with Crippen molar-refractivity contribution in [3.63, 3.8) is 0 Å². The van der Waals surface area contributed by atoms with E-state index < -0.39 is 21.9 Å². The zero-order chi connectivity index (χ0) is 13.9. The fourth-order valence-corrected chi connectivity index (χ4v) is 1.76. The Morgan fingerprint density at radius 1 is 1.56 bits per heavy atom. The summed E-state index contributed by atoms with van der Waals surface area (Å²) in [5, 5.41) is 7.03. The number of methoxy groups -OCH3 is 1. The Hall–Kier alpha value is -1.83. The van der Waals surface area contributed by atoms with Gasteiger partial charge in [0.15, 0.2) is 11.6 Å². The quantitative estimate of drug-likeness (QED) is 0.750. The van der Waals surface area contributed by atoms with Gasteiger partial charge in [-0.15, -0.1) is 0 Å². The van der Waals surface area contributed by atoms with Crippen molar-refractivity contribution in [1.29, 1.82) is 0 Å². The third-order valence-electron chi connectivity index (χ3n) is 2.27. The van der Waals surface area contributed by atoms with Crippen LogP contribution >= 0.6 is 0 Å². The standard InChI is InChI=1S/C10H14N2O5S/c1-6(10(13)14)7-4-8(17-2)9(11-5-7)12-18(3,15)16/h4-6H,1-3H3,(H,11,12)(H,13,14)/p+1. The van der Waals surface area contributed by atoms with E-state index in [1.807, 2.05) is 0 Å². The van der Waals surface area contributed by atoms with E-state index in [1.54, 1.807) is 6.92 Å². The van der Waals surface area contributed by atoms with Gasteiger partial charge in [-0.3, -0.25) is 4.72 Å². The van der Waals surface area contributed by atoms with E-state index in [1.165, 1.54) is 19.4 Å². The van der Waals surface area contributed by atoms with Gasteiger partial charge in [-0.2, -0.15) is 0 Å². The molecular weight excluding hydrogens is 260 g/mol. The molecule has 1 unspecified atom stereocenters. The maximum Gasteiger partial charge on any atom is 0.523 e. The van der Waals surface area contributed by atoms with E-state index in [0.29, 0.717) is 5.56 Å². The van der Waals surface area contributed by atoms with Crippen LogP contribution in [0.3, 0.4) is 0 Å². The largest absolute Gasteiger partial charge is 0.564 e. The summed E-state index contributed by atoms with van der Waals surface area (Å²) in [6, 6.07) is 1.48. The molecule has 8 heteroatoms. The molecule has 100 valence electrons. The topological polar surface area (TPSA) is 108 Å². The van der Waals surface area contributed by atoms with E-state index in [0.717, 1.165) is 6.26 Å². The first-order chi connectivity index (χ1) is 8.24. The van der Waals surface area contributed by atoms with Gasteiger partial charge in [-0.05, 0) is 18.6 Å². The zero-order valence-electron chi connectivity index (χ0n) is 10.2. The van der Waals surface area contributed by atoms with Crippen LogP contribution in [-0.4, -0.2) is 37.8 Å². The van der Waals surface area contributed by atoms with Crippen molar-refractivity contribution >= 4 is 21.8 Å². The Morgan fingerprint density at radius 3 is 2.61 bits per heavy atom. The lowest BCUT2D eigenvalue weighted by molar-refractivity contribution is -0.138. The molecule has 0 aliphatic rings. The molecule has 0 spiro atoms. The van der Waals surface area contributed by atoms with Gasteiger partial charge in [0.2, 0.25) is 10.0 Å². The van der Waals surface area contributed by atoms with E-state index in [9.17, 15) is 13.2 Å². The SMILES string of the molecule is COc1cc(C(C)C(=O)[OH2+])cnc1NS(C)(=O)=O. The highest BCUT2D eigenvalue weighted by Gasteiger charge is 2.23. The highest BCUT2D eigenvalue weighted by atomic mass is 32.2. The van der Waals surface area contributed by atoms with Crippen LogP contribution in [0.1, 0.15) is 18.4 Å². The first kappa shape index (κ1) is 14.2. The first-order valence-electron chi connectivity index (χ1n) is 5.01. The summed E-state index contributed by atoms with van der Waals surface area (Å²) >= 11 is 0. The average Bonchev–Trinajstić information content (AvgIpc) is 2.26. The minimum atomic E-state index is -3.46. The third kappa shape index (κ3) is 3.59. The lowest BCUT2D eigenvalue weighted by Gasteiger charge is -2.11. The summed E-state index contributed by atoms with van der Waals surface area (Å²) < 4.78 is 29.4. The Bertz CT molecular complexity index is 555. The van der Waals surface area contributed by atoms with Crippen molar-refractivity contribution in [2.75, 3.05) is 18.1 Å². The summed E-state index contributed by atoms with van der Waals surface area (Å²) in [5.74, 6) is -1.14. The molecule has 1 heterocycles. The number of anilines is 1. The molecule has 1 atom stereocenters. The van der Waals surface area contributed by atoms with Crippen molar-refractivity contribution in [1.82, 2.24) is 4.98 Å². The van der Waals surface area contributed by atoms with Crippen molar-refractivity contribution in [3.8, 4) is 5.75 Å². The molecular formula is C10H15N2O5S+. The monoisotopic (exact) mass is 275 g/mol. The van der Waals surface area contributed by atoms with Crippen LogP contribution in [-0.2, 0) is 14.8 Å². The van der Waals surface area contributed by atoms with E-state index in [4.69, 9.17) is 9.84 Å². The molecule has 1 aromatic heterocycles. The number of aromatic nitrogens is 1. The fourth-order valence-electron chi connectivity index (χ4n) is 1.26. The highest BCUT2D eigenvalue weighted by molar-refractivity contribution is 7.92. The summed E-state index contributed by atoms with van der Waals surface area (Å²) in [7, 11) is -2.09. The van der Waals surface area contributed by atoms with Crippen LogP contribution < -0.4 is 9.46 Å². The third-order valence-corrected chi connectivity index (χ3v) is 2.83. The predicted octanol–water partition coefficient (Wildman–Crippen LogP) is -0.184. The van der Waals surface area contributed by atoms with Gasteiger partial charge in [-0.25, -0.2) is 13.4 Å². The van der Waals surface area contributed by atoms with E-state index in [-0.39, 0.29) is 11.6 Å². The number of hydrogen-bond acceptors (Lipinski definition) is 5. The van der Waals surface area contributed by atoms with Crippen molar-refractivity contribution < 1.29 is 23.1 Å². The van der Waals surface area contributed by atoms with Crippen LogP contribution in [0.15, 0.2) is 12.3 Å². The molecule has 1 aromatic rings. The number of nitrogens with zero attached hydrogens (tertiary/aromatic N) is 1. The molecule has 0 saturated carbocycles. The fraction of sp³-hybridized carbons (Fsp3) is 0.400. The van der Waals surface area contributed by atoms with Gasteiger partial charge in [0, 0.05) is 11.0 Å². The van der Waals surface area contributed by atoms with Crippen molar-refractivity contribution in [3.05, 3.63) is 17.8 Å². The molecule has 0 amide bonds. The summed E-state index contributed by atoms with van der Waals surface area (Å²) in [6.45, 7) is 1.56. The Morgan fingerprint density at radius 2 is 2.17 bits per heavy atom. The molecule has 0 aliphatic carbocycles. The molecule has 0 aliphatic heterocycles. The van der Waals surface area contributed by atoms with Gasteiger partial charge in [-0.1, -0.05) is 0 Å². The molecule has 0 aromatic carbocycles. The number of hydrogen-bond donors (Lipinski definition) is 1. The van der Waals surface area contributed by atoms with Crippen LogP contribution in [0.25, 0.3) is 0 Å². The van der Waals surface area contributed by atoms with Gasteiger partial charge >= 0.3 is 5.97 Å². The second kappa shape index (κ2) is 5.21. The second-order valence-electron chi connectivity index (χ2n) is 3.78. The van der Waals surface area contributed by atoms with Gasteiger partial charge in [0.25, 0.3) is 0 Å². The molecule has 0 bridgehead atoms. The Labute approximate surface area is 105 Å². The first-order valence-corrected chi connectivity index (χ1v) is 6.91. The van der Waals surface area contributed by atoms with Crippen LogP contribution in [0.4, 0.5) is 5.82 Å². The molecule has 0 fully saturated rings. The minimum absolute atomic E-state index is 0.0494. The summed E-state index contributed by atoms with van der Waals surface area (Å²) in [6.07, 6.45) is 2.34. The number of sulfonamides is 1. The minimum Gasteiger partial charge on any atom is -0.564 e. The lowest BCUT2D eigenvalue weighted by atomic mass is 10.0. The van der Waals surface area contributed by atoms with E-state index in [2.05, 4.69) is 9.71 Å². The molecule has 0 radical (unpaired) electrons. The number of pyridine rings is 1. The number of carbonyl (C=O) groups is 1. The lowest BCUT2D eigenvalue weighted by Crippen LogP contribution is -2.13. The smallest absolute Gasteiger partial charge is 0.523 e. The molecule has 0 saturated heterocycles.